The molecule has 0 fully saturated rings. The summed E-state index contributed by atoms with van der Waals surface area (Å²) in [4.78, 5) is 0. The Kier molecular flexibility index (Phi) is 4.45. The predicted octanol–water partition coefficient (Wildman–Crippen LogP) is 0.00140. The van der Waals surface area contributed by atoms with E-state index in [4.69, 9.17) is 10.4 Å². The molecule has 1 aliphatic carbocycles. The van der Waals surface area contributed by atoms with E-state index in [9.17, 15) is 10.4 Å². The van der Waals surface area contributed by atoms with Gasteiger partial charge in [-0.1, -0.05) is 6.08 Å². The van der Waals surface area contributed by atoms with Crippen LogP contribution in [0.15, 0.2) is 34.9 Å². The van der Waals surface area contributed by atoms with Crippen molar-refractivity contribution in [1.29, 1.82) is 0 Å². The molecule has 8 heteroatoms. The van der Waals surface area contributed by atoms with E-state index < -0.39 is 10.5 Å². The molecule has 0 spiro atoms. The van der Waals surface area contributed by atoms with Crippen LogP contribution in [0, 0.1) is 10.4 Å². The van der Waals surface area contributed by atoms with Crippen molar-refractivity contribution in [3.63, 3.8) is 0 Å². The summed E-state index contributed by atoms with van der Waals surface area (Å²) < 4.78 is 0. The lowest BCUT2D eigenvalue weighted by Gasteiger charge is -2.18. The van der Waals surface area contributed by atoms with Crippen LogP contribution in [0.4, 0.5) is 17.1 Å². The third kappa shape index (κ3) is 3.20. The third-order valence-electron chi connectivity index (χ3n) is 3.10. The van der Waals surface area contributed by atoms with Gasteiger partial charge in [0.25, 0.3) is 0 Å². The van der Waals surface area contributed by atoms with Gasteiger partial charge in [-0.25, -0.2) is 10.4 Å². The maximum atomic E-state index is 11.2. The van der Waals surface area contributed by atoms with Crippen LogP contribution < -0.4 is 15.9 Å². The smallest absolute Gasteiger partial charge is 0.195 e. The lowest BCUT2D eigenvalue weighted by Crippen LogP contribution is -3.00. The predicted molar refractivity (Wildman–Crippen MR) is 72.0 cm³/mol. The quantitative estimate of drug-likeness (QED) is 0.497. The molecule has 0 saturated carbocycles. The SMILES string of the molecule is CC1=CCCC1=NNc1ccc([NH+]([O-])O)cc1[NH+]([O-])O. The number of allylic oxidation sites excluding steroid dienone is 2. The van der Waals surface area contributed by atoms with E-state index in [0.29, 0.717) is 0 Å². The second-order valence-corrected chi connectivity index (χ2v) is 4.47. The van der Waals surface area contributed by atoms with E-state index in [0.717, 1.165) is 30.2 Å². The van der Waals surface area contributed by atoms with Gasteiger partial charge in [-0.2, -0.15) is 15.6 Å². The van der Waals surface area contributed by atoms with Crippen molar-refractivity contribution in [3.05, 3.63) is 40.3 Å². The topological polar surface area (TPSA) is 120 Å². The molecule has 2 unspecified atom stereocenters. The molecular formula is C12H16N4O4. The Morgan fingerprint density at radius 1 is 1.25 bits per heavy atom. The molecule has 20 heavy (non-hydrogen) atoms. The molecule has 0 amide bonds. The molecule has 1 aliphatic rings. The molecule has 0 radical (unpaired) electrons. The first-order chi connectivity index (χ1) is 9.49. The Balaban J connectivity index is 2.25. The molecule has 8 nitrogen and oxygen atoms in total. The second-order valence-electron chi connectivity index (χ2n) is 4.47. The number of hydrogen-bond donors (Lipinski definition) is 5. The maximum absolute atomic E-state index is 11.2. The lowest BCUT2D eigenvalue weighted by atomic mass is 10.2. The van der Waals surface area contributed by atoms with Gasteiger partial charge in [0.1, 0.15) is 5.69 Å². The Morgan fingerprint density at radius 2 is 2.00 bits per heavy atom. The Hall–Kier alpha value is -1.81. The van der Waals surface area contributed by atoms with E-state index in [-0.39, 0.29) is 17.1 Å². The summed E-state index contributed by atoms with van der Waals surface area (Å²) in [6.45, 7) is 1.94. The highest BCUT2D eigenvalue weighted by atomic mass is 16.8. The van der Waals surface area contributed by atoms with Crippen LogP contribution in [0.3, 0.4) is 0 Å². The number of rotatable bonds is 4. The maximum Gasteiger partial charge on any atom is 0.195 e. The normalized spacial score (nSPS) is 19.9. The lowest BCUT2D eigenvalue weighted by molar-refractivity contribution is -0.996. The minimum absolute atomic E-state index is 0.0717. The van der Waals surface area contributed by atoms with Crippen LogP contribution in [0.5, 0.6) is 0 Å². The summed E-state index contributed by atoms with van der Waals surface area (Å²) in [5, 5.41) is 41.8. The zero-order chi connectivity index (χ0) is 14.7. The number of quaternary nitrogens is 2. The molecule has 0 heterocycles. The summed E-state index contributed by atoms with van der Waals surface area (Å²) in [6.07, 6.45) is 3.80. The molecule has 0 bridgehead atoms. The first kappa shape index (κ1) is 14.6. The van der Waals surface area contributed by atoms with Crippen molar-refractivity contribution < 1.29 is 20.9 Å². The van der Waals surface area contributed by atoms with E-state index in [1.54, 1.807) is 0 Å². The summed E-state index contributed by atoms with van der Waals surface area (Å²) in [5.41, 5.74) is 4.74. The van der Waals surface area contributed by atoms with Crippen molar-refractivity contribution in [2.24, 2.45) is 5.10 Å². The van der Waals surface area contributed by atoms with Gasteiger partial charge in [-0.05, 0) is 31.4 Å². The number of benzene rings is 1. The number of hydrogen-bond acceptors (Lipinski definition) is 6. The molecule has 2 atom stereocenters. The average molecular weight is 280 g/mol. The van der Waals surface area contributed by atoms with Gasteiger partial charge < -0.3 is 10.4 Å². The fourth-order valence-corrected chi connectivity index (χ4v) is 1.96. The Bertz CT molecular complexity index is 554. The van der Waals surface area contributed by atoms with Crippen molar-refractivity contribution in [2.75, 3.05) is 5.43 Å². The molecule has 2 rings (SSSR count). The molecule has 1 aromatic rings. The third-order valence-corrected chi connectivity index (χ3v) is 3.10. The minimum Gasteiger partial charge on any atom is -0.595 e. The van der Waals surface area contributed by atoms with Gasteiger partial charge in [0, 0.05) is 6.07 Å². The van der Waals surface area contributed by atoms with Crippen molar-refractivity contribution in [3.8, 4) is 0 Å². The zero-order valence-electron chi connectivity index (χ0n) is 10.9. The monoisotopic (exact) mass is 280 g/mol. The minimum atomic E-state index is -1.20. The highest BCUT2D eigenvalue weighted by molar-refractivity contribution is 6.02. The van der Waals surface area contributed by atoms with E-state index >= 15 is 0 Å². The first-order valence-electron chi connectivity index (χ1n) is 6.09. The van der Waals surface area contributed by atoms with Gasteiger partial charge in [-0.15, -0.1) is 0 Å². The largest absolute Gasteiger partial charge is 0.595 e. The Labute approximate surface area is 115 Å². The highest BCUT2D eigenvalue weighted by Crippen LogP contribution is 2.22. The fraction of sp³-hybridized carbons (Fsp3) is 0.250. The first-order valence-corrected chi connectivity index (χ1v) is 6.09. The average Bonchev–Trinajstić information content (AvgIpc) is 2.81. The summed E-state index contributed by atoms with van der Waals surface area (Å²) in [5.74, 6) is 0. The van der Waals surface area contributed by atoms with Gasteiger partial charge >= 0.3 is 0 Å². The second kappa shape index (κ2) is 6.09. The van der Waals surface area contributed by atoms with Crippen LogP contribution in [0.2, 0.25) is 0 Å². The Morgan fingerprint density at radius 3 is 2.55 bits per heavy atom. The number of anilines is 1. The van der Waals surface area contributed by atoms with Gasteiger partial charge in [-0.3, -0.25) is 5.43 Å². The van der Waals surface area contributed by atoms with Crippen molar-refractivity contribution in [2.45, 2.75) is 19.8 Å². The van der Waals surface area contributed by atoms with Crippen molar-refractivity contribution in [1.82, 2.24) is 0 Å². The van der Waals surface area contributed by atoms with E-state index in [1.807, 2.05) is 6.92 Å². The van der Waals surface area contributed by atoms with Crippen molar-refractivity contribution >= 4 is 22.8 Å². The molecule has 1 aromatic carbocycles. The number of nitrogens with zero attached hydrogens (tertiary/aromatic N) is 1. The molecule has 0 aromatic heterocycles. The van der Waals surface area contributed by atoms with Crippen LogP contribution >= 0.6 is 0 Å². The summed E-state index contributed by atoms with van der Waals surface area (Å²) >= 11 is 0. The van der Waals surface area contributed by atoms with Gasteiger partial charge in [0.05, 0.1) is 11.8 Å². The van der Waals surface area contributed by atoms with Crippen LogP contribution in [-0.4, -0.2) is 16.1 Å². The molecule has 0 aliphatic heterocycles. The van der Waals surface area contributed by atoms with E-state index in [1.165, 1.54) is 12.1 Å². The number of nitrogens with one attached hydrogen (secondary N) is 3. The van der Waals surface area contributed by atoms with Gasteiger partial charge in [0.2, 0.25) is 0 Å². The number of hydrazone groups is 1. The molecule has 5 N–H and O–H groups in total. The van der Waals surface area contributed by atoms with Gasteiger partial charge in [0.15, 0.2) is 11.4 Å². The summed E-state index contributed by atoms with van der Waals surface area (Å²) in [7, 11) is 0. The molecule has 0 saturated heterocycles. The zero-order valence-corrected chi connectivity index (χ0v) is 10.9. The molecular weight excluding hydrogens is 264 g/mol. The highest BCUT2D eigenvalue weighted by Gasteiger charge is 2.14. The summed E-state index contributed by atoms with van der Waals surface area (Å²) in [6, 6.07) is 3.87. The van der Waals surface area contributed by atoms with Crippen LogP contribution in [0.1, 0.15) is 19.8 Å². The standard InChI is InChI=1S/C12H16N4O4/c1-8-3-2-4-10(8)13-14-11-6-5-9(15(17)18)7-12(11)16(19)20/h3,5-7,14-17,19H,2,4H2,1H3. The molecule has 108 valence electrons. The van der Waals surface area contributed by atoms with E-state index in [2.05, 4.69) is 16.6 Å². The fourth-order valence-electron chi connectivity index (χ4n) is 1.96. The van der Waals surface area contributed by atoms with Crippen LogP contribution in [0.25, 0.3) is 0 Å². The van der Waals surface area contributed by atoms with Crippen LogP contribution in [-0.2, 0) is 0 Å².